The molecule has 2 amide bonds. The van der Waals surface area contributed by atoms with Gasteiger partial charge in [0.2, 0.25) is 5.91 Å². The summed E-state index contributed by atoms with van der Waals surface area (Å²) in [4.78, 5) is 28.1. The van der Waals surface area contributed by atoms with Crippen molar-refractivity contribution in [1.82, 2.24) is 15.1 Å². The van der Waals surface area contributed by atoms with Gasteiger partial charge in [-0.3, -0.25) is 9.59 Å². The van der Waals surface area contributed by atoms with Crippen molar-refractivity contribution in [2.45, 2.75) is 18.9 Å². The van der Waals surface area contributed by atoms with Crippen LogP contribution in [0.2, 0.25) is 5.02 Å². The Morgan fingerprint density at radius 2 is 2.24 bits per heavy atom. The third-order valence-corrected chi connectivity index (χ3v) is 4.86. The van der Waals surface area contributed by atoms with E-state index in [9.17, 15) is 14.0 Å². The fourth-order valence-electron chi connectivity index (χ4n) is 3.27. The van der Waals surface area contributed by atoms with Crippen molar-refractivity contribution in [3.8, 4) is 5.75 Å². The third kappa shape index (κ3) is 4.41. The number of nitrogens with one attached hydrogen (secondary N) is 1. The number of halogens is 2. The molecule has 1 unspecified atom stereocenters. The summed E-state index contributed by atoms with van der Waals surface area (Å²) in [5.74, 6) is -0.252. The standard InChI is InChI=1S/C17H21ClFN3O3/c18-14-8-12(19)3-4-15(14)25-11-17(24)21-6-1-2-13(10-21)22-7-5-20-9-16(22)23/h3-4,8,13,20H,1-2,5-7,9-11H2. The van der Waals surface area contributed by atoms with Crippen LogP contribution in [0.3, 0.4) is 0 Å². The molecule has 136 valence electrons. The van der Waals surface area contributed by atoms with Gasteiger partial charge < -0.3 is 19.9 Å². The van der Waals surface area contributed by atoms with Gasteiger partial charge in [-0.15, -0.1) is 0 Å². The first-order chi connectivity index (χ1) is 12.0. The van der Waals surface area contributed by atoms with Crippen LogP contribution in [-0.2, 0) is 9.59 Å². The zero-order valence-corrected chi connectivity index (χ0v) is 14.6. The Bertz CT molecular complexity index is 658. The summed E-state index contributed by atoms with van der Waals surface area (Å²) >= 11 is 5.90. The zero-order valence-electron chi connectivity index (χ0n) is 13.8. The number of carbonyl (C=O) groups excluding carboxylic acids is 2. The fraction of sp³-hybridized carbons (Fsp3) is 0.529. The van der Waals surface area contributed by atoms with Crippen molar-refractivity contribution in [3.63, 3.8) is 0 Å². The molecule has 0 bridgehead atoms. The first-order valence-corrected chi connectivity index (χ1v) is 8.78. The van der Waals surface area contributed by atoms with E-state index in [2.05, 4.69) is 5.32 Å². The molecule has 8 heteroatoms. The summed E-state index contributed by atoms with van der Waals surface area (Å²) in [6.45, 7) is 2.82. The molecule has 6 nitrogen and oxygen atoms in total. The molecule has 1 aromatic carbocycles. The Balaban J connectivity index is 1.55. The van der Waals surface area contributed by atoms with E-state index >= 15 is 0 Å². The molecular formula is C17H21ClFN3O3. The van der Waals surface area contributed by atoms with E-state index < -0.39 is 5.82 Å². The molecule has 0 saturated carbocycles. The Kier molecular flexibility index (Phi) is 5.75. The minimum Gasteiger partial charge on any atom is -0.482 e. The number of hydrogen-bond donors (Lipinski definition) is 1. The molecule has 2 aliphatic rings. The molecule has 2 aliphatic heterocycles. The van der Waals surface area contributed by atoms with Crippen LogP contribution < -0.4 is 10.1 Å². The van der Waals surface area contributed by atoms with Crippen LogP contribution in [0.4, 0.5) is 4.39 Å². The summed E-state index contributed by atoms with van der Waals surface area (Å²) in [5, 5.41) is 3.19. The molecule has 25 heavy (non-hydrogen) atoms. The lowest BCUT2D eigenvalue weighted by Crippen LogP contribution is -2.57. The Hall–Kier alpha value is -1.86. The van der Waals surface area contributed by atoms with Gasteiger partial charge in [0.25, 0.3) is 5.91 Å². The Morgan fingerprint density at radius 3 is 3.00 bits per heavy atom. The van der Waals surface area contributed by atoms with E-state index in [-0.39, 0.29) is 35.2 Å². The number of benzene rings is 1. The van der Waals surface area contributed by atoms with Crippen LogP contribution >= 0.6 is 11.6 Å². The maximum atomic E-state index is 13.0. The van der Waals surface area contributed by atoms with E-state index in [1.54, 1.807) is 4.90 Å². The molecular weight excluding hydrogens is 349 g/mol. The molecule has 3 rings (SSSR count). The third-order valence-electron chi connectivity index (χ3n) is 4.56. The number of amides is 2. The predicted molar refractivity (Wildman–Crippen MR) is 91.1 cm³/mol. The minimum absolute atomic E-state index is 0.0571. The van der Waals surface area contributed by atoms with Gasteiger partial charge in [-0.2, -0.15) is 0 Å². The van der Waals surface area contributed by atoms with Crippen LogP contribution in [0.1, 0.15) is 12.8 Å². The van der Waals surface area contributed by atoms with Crippen LogP contribution in [0.25, 0.3) is 0 Å². The first-order valence-electron chi connectivity index (χ1n) is 8.40. The highest BCUT2D eigenvalue weighted by Crippen LogP contribution is 2.25. The lowest BCUT2D eigenvalue weighted by molar-refractivity contribution is -0.141. The number of likely N-dealkylation sites (tertiary alicyclic amines) is 1. The van der Waals surface area contributed by atoms with Crippen molar-refractivity contribution in [3.05, 3.63) is 29.0 Å². The van der Waals surface area contributed by atoms with Crippen molar-refractivity contribution >= 4 is 23.4 Å². The Labute approximate surface area is 150 Å². The highest BCUT2D eigenvalue weighted by atomic mass is 35.5. The number of carbonyl (C=O) groups is 2. The van der Waals surface area contributed by atoms with Crippen LogP contribution in [0, 0.1) is 5.82 Å². The summed E-state index contributed by atoms with van der Waals surface area (Å²) in [6.07, 6.45) is 1.76. The van der Waals surface area contributed by atoms with Gasteiger partial charge in [0.15, 0.2) is 6.61 Å². The average molecular weight is 370 g/mol. The van der Waals surface area contributed by atoms with E-state index in [1.165, 1.54) is 12.1 Å². The quantitative estimate of drug-likeness (QED) is 0.868. The van der Waals surface area contributed by atoms with E-state index in [0.717, 1.165) is 25.5 Å². The maximum Gasteiger partial charge on any atom is 0.260 e. The van der Waals surface area contributed by atoms with Gasteiger partial charge in [-0.05, 0) is 31.0 Å². The van der Waals surface area contributed by atoms with Gasteiger partial charge in [0.05, 0.1) is 11.6 Å². The van der Waals surface area contributed by atoms with E-state index in [4.69, 9.17) is 16.3 Å². The Morgan fingerprint density at radius 1 is 1.40 bits per heavy atom. The van der Waals surface area contributed by atoms with E-state index in [1.807, 2.05) is 4.90 Å². The molecule has 2 fully saturated rings. The van der Waals surface area contributed by atoms with Crippen molar-refractivity contribution in [1.29, 1.82) is 0 Å². The molecule has 0 aromatic heterocycles. The van der Waals surface area contributed by atoms with Gasteiger partial charge in [-0.1, -0.05) is 11.6 Å². The summed E-state index contributed by atoms with van der Waals surface area (Å²) in [6, 6.07) is 3.85. The van der Waals surface area contributed by atoms with Crippen molar-refractivity contribution in [2.24, 2.45) is 0 Å². The number of nitrogens with zero attached hydrogens (tertiary/aromatic N) is 2. The molecule has 2 heterocycles. The molecule has 0 radical (unpaired) electrons. The lowest BCUT2D eigenvalue weighted by atomic mass is 10.0. The molecule has 0 spiro atoms. The maximum absolute atomic E-state index is 13.0. The normalized spacial score (nSPS) is 21.4. The van der Waals surface area contributed by atoms with Crippen LogP contribution in [-0.4, -0.2) is 67.0 Å². The SMILES string of the molecule is O=C(COc1ccc(F)cc1Cl)N1CCCC(N2CCNCC2=O)C1. The highest BCUT2D eigenvalue weighted by Gasteiger charge is 2.31. The molecule has 0 aliphatic carbocycles. The zero-order chi connectivity index (χ0) is 17.8. The number of hydrogen-bond acceptors (Lipinski definition) is 4. The van der Waals surface area contributed by atoms with Crippen molar-refractivity contribution < 1.29 is 18.7 Å². The second-order valence-corrected chi connectivity index (χ2v) is 6.67. The molecule has 2 saturated heterocycles. The predicted octanol–water partition coefficient (Wildman–Crippen LogP) is 1.28. The first kappa shape index (κ1) is 17.9. The summed E-state index contributed by atoms with van der Waals surface area (Å²) in [7, 11) is 0. The number of ether oxygens (including phenoxy) is 1. The van der Waals surface area contributed by atoms with Gasteiger partial charge in [0, 0.05) is 32.2 Å². The topological polar surface area (TPSA) is 61.9 Å². The number of piperidine rings is 1. The van der Waals surface area contributed by atoms with Gasteiger partial charge >= 0.3 is 0 Å². The molecule has 1 atom stereocenters. The van der Waals surface area contributed by atoms with Crippen LogP contribution in [0.15, 0.2) is 18.2 Å². The largest absolute Gasteiger partial charge is 0.482 e. The smallest absolute Gasteiger partial charge is 0.260 e. The average Bonchev–Trinajstić information content (AvgIpc) is 2.61. The van der Waals surface area contributed by atoms with Gasteiger partial charge in [-0.25, -0.2) is 4.39 Å². The fourth-order valence-corrected chi connectivity index (χ4v) is 3.49. The van der Waals surface area contributed by atoms with E-state index in [0.29, 0.717) is 26.2 Å². The van der Waals surface area contributed by atoms with Crippen LogP contribution in [0.5, 0.6) is 5.75 Å². The lowest BCUT2D eigenvalue weighted by Gasteiger charge is -2.41. The van der Waals surface area contributed by atoms with Gasteiger partial charge in [0.1, 0.15) is 11.6 Å². The second-order valence-electron chi connectivity index (χ2n) is 6.26. The number of piperazine rings is 1. The monoisotopic (exact) mass is 369 g/mol. The highest BCUT2D eigenvalue weighted by molar-refractivity contribution is 6.32. The summed E-state index contributed by atoms with van der Waals surface area (Å²) in [5.41, 5.74) is 0. The summed E-state index contributed by atoms with van der Waals surface area (Å²) < 4.78 is 18.5. The molecule has 1 N–H and O–H groups in total. The second kappa shape index (κ2) is 8.01. The molecule has 1 aromatic rings. The van der Waals surface area contributed by atoms with Crippen molar-refractivity contribution in [2.75, 3.05) is 39.3 Å². The minimum atomic E-state index is -0.455. The number of rotatable bonds is 4.